The van der Waals surface area contributed by atoms with E-state index in [1.807, 2.05) is 37.3 Å². The van der Waals surface area contributed by atoms with Crippen LogP contribution in [-0.2, 0) is 19.5 Å². The maximum atomic E-state index is 5.21. The van der Waals surface area contributed by atoms with Gasteiger partial charge in [0.2, 0.25) is 0 Å². The van der Waals surface area contributed by atoms with E-state index in [1.165, 1.54) is 0 Å². The van der Waals surface area contributed by atoms with Gasteiger partial charge in [0.25, 0.3) is 0 Å². The summed E-state index contributed by atoms with van der Waals surface area (Å²) in [5.41, 5.74) is 0. The van der Waals surface area contributed by atoms with Gasteiger partial charge in [-0.2, -0.15) is 0 Å². The molecule has 0 amide bonds. The number of halogens is 2. The third-order valence-corrected chi connectivity index (χ3v) is 1.05. The molecular formula is C8H12I2ORu. The first kappa shape index (κ1) is 18.8. The van der Waals surface area contributed by atoms with Crippen molar-refractivity contribution in [1.82, 2.24) is 0 Å². The Kier molecular flexibility index (Phi) is 19.0. The van der Waals surface area contributed by atoms with Crippen LogP contribution in [0.15, 0.2) is 30.3 Å². The van der Waals surface area contributed by atoms with Crippen molar-refractivity contribution in [2.75, 3.05) is 6.61 Å². The fourth-order valence-corrected chi connectivity index (χ4v) is 0.683. The van der Waals surface area contributed by atoms with Gasteiger partial charge in [0.05, 0.1) is 6.61 Å². The fourth-order valence-electron chi connectivity index (χ4n) is 0.683. The minimum atomic E-state index is 0. The van der Waals surface area contributed by atoms with Gasteiger partial charge in [-0.1, -0.05) is 18.2 Å². The molecule has 0 bridgehead atoms. The molecule has 12 heavy (non-hydrogen) atoms. The molecule has 1 nitrogen and oxygen atoms in total. The Bertz CT molecular complexity index is 170. The van der Waals surface area contributed by atoms with E-state index >= 15 is 0 Å². The van der Waals surface area contributed by atoms with E-state index in [-0.39, 0.29) is 67.4 Å². The zero-order chi connectivity index (χ0) is 6.53. The van der Waals surface area contributed by atoms with Crippen LogP contribution in [0.2, 0.25) is 0 Å². The molecule has 0 saturated heterocycles. The summed E-state index contributed by atoms with van der Waals surface area (Å²) in [5.74, 6) is 0.944. The summed E-state index contributed by atoms with van der Waals surface area (Å²) < 4.78 is 5.21. The first-order chi connectivity index (χ1) is 4.43. The Hall–Kier alpha value is 1.10. The van der Waals surface area contributed by atoms with E-state index in [0.29, 0.717) is 0 Å². The molecule has 0 N–H and O–H groups in total. The van der Waals surface area contributed by atoms with E-state index < -0.39 is 0 Å². The molecule has 0 atom stereocenters. The number of benzene rings is 1. The summed E-state index contributed by atoms with van der Waals surface area (Å²) in [5, 5.41) is 0. The number of rotatable bonds is 2. The predicted molar refractivity (Wildman–Crippen MR) is 68.4 cm³/mol. The molecule has 0 unspecified atom stereocenters. The molecule has 1 rings (SSSR count). The van der Waals surface area contributed by atoms with Crippen LogP contribution in [0.25, 0.3) is 0 Å². The zero-order valence-electron chi connectivity index (χ0n) is 6.67. The predicted octanol–water partition coefficient (Wildman–Crippen LogP) is 3.32. The topological polar surface area (TPSA) is 9.23 Å². The van der Waals surface area contributed by atoms with E-state index in [2.05, 4.69) is 0 Å². The molecule has 0 fully saturated rings. The molecule has 4 heteroatoms. The smallest absolute Gasteiger partial charge is 0.119 e. The minimum Gasteiger partial charge on any atom is -0.494 e. The molecule has 0 aliphatic heterocycles. The molecule has 1 aromatic carbocycles. The summed E-state index contributed by atoms with van der Waals surface area (Å²) >= 11 is 0. The molecule has 0 aromatic heterocycles. The molecule has 0 aliphatic rings. The number of hydrogen-bond donors (Lipinski definition) is 0. The summed E-state index contributed by atoms with van der Waals surface area (Å²) in [4.78, 5) is 0. The Balaban J connectivity index is -0.000000270. The van der Waals surface area contributed by atoms with E-state index in [0.717, 1.165) is 12.4 Å². The van der Waals surface area contributed by atoms with Crippen molar-refractivity contribution in [3.8, 4) is 5.75 Å². The van der Waals surface area contributed by atoms with E-state index in [4.69, 9.17) is 4.74 Å². The van der Waals surface area contributed by atoms with Crippen LogP contribution >= 0.6 is 48.0 Å². The van der Waals surface area contributed by atoms with Crippen LogP contribution in [0.5, 0.6) is 5.75 Å². The largest absolute Gasteiger partial charge is 0.494 e. The van der Waals surface area contributed by atoms with Crippen LogP contribution in [-0.4, -0.2) is 6.61 Å². The van der Waals surface area contributed by atoms with E-state index in [1.54, 1.807) is 0 Å². The average Bonchev–Trinajstić information content (AvgIpc) is 1.91. The molecule has 0 radical (unpaired) electrons. The van der Waals surface area contributed by atoms with Gasteiger partial charge in [-0.05, 0) is 19.1 Å². The minimum absolute atomic E-state index is 0. The second-order valence-electron chi connectivity index (χ2n) is 1.75. The Morgan fingerprint density at radius 3 is 2.00 bits per heavy atom. The van der Waals surface area contributed by atoms with Crippen LogP contribution in [0.3, 0.4) is 0 Å². The summed E-state index contributed by atoms with van der Waals surface area (Å²) in [7, 11) is 0. The van der Waals surface area contributed by atoms with Gasteiger partial charge in [0, 0.05) is 19.5 Å². The van der Waals surface area contributed by atoms with Crippen molar-refractivity contribution in [1.29, 1.82) is 0 Å². The maximum absolute atomic E-state index is 5.21. The number of hydrogen-bond acceptors (Lipinski definition) is 1. The summed E-state index contributed by atoms with van der Waals surface area (Å²) in [6, 6.07) is 9.80. The first-order valence-corrected chi connectivity index (χ1v) is 3.11. The maximum Gasteiger partial charge on any atom is 0.119 e. The van der Waals surface area contributed by atoms with Crippen LogP contribution in [0, 0.1) is 0 Å². The third kappa shape index (κ3) is 7.74. The quantitative estimate of drug-likeness (QED) is 0.468. The Labute approximate surface area is 120 Å². The molecular weight excluding hydrogens is 467 g/mol. The molecule has 72 valence electrons. The summed E-state index contributed by atoms with van der Waals surface area (Å²) in [6.45, 7) is 2.72. The van der Waals surface area contributed by atoms with Crippen molar-refractivity contribution in [2.24, 2.45) is 0 Å². The molecule has 0 spiro atoms. The molecule has 1 aromatic rings. The van der Waals surface area contributed by atoms with Crippen LogP contribution in [0.4, 0.5) is 0 Å². The summed E-state index contributed by atoms with van der Waals surface area (Å²) in [6.07, 6.45) is 0. The second-order valence-corrected chi connectivity index (χ2v) is 1.75. The number of para-hydroxylation sites is 1. The van der Waals surface area contributed by atoms with Gasteiger partial charge in [-0.15, -0.1) is 48.0 Å². The van der Waals surface area contributed by atoms with Crippen LogP contribution in [0.1, 0.15) is 6.92 Å². The number of ether oxygens (including phenoxy) is 1. The van der Waals surface area contributed by atoms with E-state index in [9.17, 15) is 0 Å². The van der Waals surface area contributed by atoms with Gasteiger partial charge >= 0.3 is 0 Å². The first-order valence-electron chi connectivity index (χ1n) is 3.11. The van der Waals surface area contributed by atoms with Crippen molar-refractivity contribution in [3.05, 3.63) is 30.3 Å². The van der Waals surface area contributed by atoms with Gasteiger partial charge < -0.3 is 4.74 Å². The van der Waals surface area contributed by atoms with Gasteiger partial charge in [0.1, 0.15) is 5.75 Å². The molecule has 0 saturated carbocycles. The second kappa shape index (κ2) is 12.1. The third-order valence-electron chi connectivity index (χ3n) is 1.05. The Morgan fingerprint density at radius 2 is 1.58 bits per heavy atom. The van der Waals surface area contributed by atoms with Crippen molar-refractivity contribution < 1.29 is 24.2 Å². The standard InChI is InChI=1S/C8H10O.2HI.Ru/c1-2-9-8-6-4-3-5-7-8;;;/h3-7H,2H2,1H3;2*1H;. The van der Waals surface area contributed by atoms with Gasteiger partial charge in [0.15, 0.2) is 0 Å². The molecule has 0 aliphatic carbocycles. The van der Waals surface area contributed by atoms with Gasteiger partial charge in [-0.3, -0.25) is 0 Å². The average molecular weight is 479 g/mol. The zero-order valence-corrected chi connectivity index (χ0v) is 13.1. The fraction of sp³-hybridized carbons (Fsp3) is 0.250. The normalized spacial score (nSPS) is 6.75. The van der Waals surface area contributed by atoms with Crippen molar-refractivity contribution >= 4 is 48.0 Å². The van der Waals surface area contributed by atoms with Crippen LogP contribution < -0.4 is 4.74 Å². The molecule has 0 heterocycles. The van der Waals surface area contributed by atoms with Crippen molar-refractivity contribution in [2.45, 2.75) is 6.92 Å². The SMILES string of the molecule is CCOc1ccccc1.I.I.[Ru]. The van der Waals surface area contributed by atoms with Gasteiger partial charge in [-0.25, -0.2) is 0 Å². The monoisotopic (exact) mass is 480 g/mol. The van der Waals surface area contributed by atoms with Crippen molar-refractivity contribution in [3.63, 3.8) is 0 Å². The Morgan fingerprint density at radius 1 is 1.08 bits per heavy atom.